The lowest BCUT2D eigenvalue weighted by Gasteiger charge is -2.18. The number of ether oxygens (including phenoxy) is 3. The van der Waals surface area contributed by atoms with Crippen molar-refractivity contribution in [3.05, 3.63) is 59.8 Å². The number of hydrogen-bond acceptors (Lipinski definition) is 6. The first-order chi connectivity index (χ1) is 15.3. The van der Waals surface area contributed by atoms with E-state index in [1.165, 1.54) is 6.92 Å². The zero-order valence-corrected chi connectivity index (χ0v) is 18.6. The molecule has 168 valence electrons. The molecule has 0 amide bonds. The van der Waals surface area contributed by atoms with Crippen LogP contribution in [-0.2, 0) is 22.6 Å². The third-order valence-corrected chi connectivity index (χ3v) is 5.02. The van der Waals surface area contributed by atoms with E-state index in [1.807, 2.05) is 32.0 Å². The van der Waals surface area contributed by atoms with Crippen molar-refractivity contribution in [2.75, 3.05) is 7.11 Å². The summed E-state index contributed by atoms with van der Waals surface area (Å²) in [5, 5.41) is 10.2. The molecule has 0 spiro atoms. The number of carbonyl (C=O) groups excluding carboxylic acids is 1. The number of Topliss-reactive ketones (excluding diaryl/α,β-unsaturated/α-hetero) is 1. The Labute approximate surface area is 186 Å². The largest absolute Gasteiger partial charge is 0.497 e. The predicted octanol–water partition coefficient (Wildman–Crippen LogP) is 4.44. The lowest BCUT2D eigenvalue weighted by molar-refractivity contribution is -0.145. The summed E-state index contributed by atoms with van der Waals surface area (Å²) in [7, 11) is 1.60. The first kappa shape index (κ1) is 23.1. The average Bonchev–Trinajstić information content (AvgIpc) is 2.76. The van der Waals surface area contributed by atoms with E-state index in [-0.39, 0.29) is 19.1 Å². The van der Waals surface area contributed by atoms with Gasteiger partial charge in [-0.3, -0.25) is 14.6 Å². The Balaban J connectivity index is 1.92. The van der Waals surface area contributed by atoms with Gasteiger partial charge in [0.15, 0.2) is 0 Å². The lowest BCUT2D eigenvalue weighted by Crippen LogP contribution is -2.24. The number of benzene rings is 2. The normalized spacial score (nSPS) is 11.9. The van der Waals surface area contributed by atoms with Crippen molar-refractivity contribution in [2.45, 2.75) is 39.9 Å². The van der Waals surface area contributed by atoms with Gasteiger partial charge in [0.05, 0.1) is 24.3 Å². The molecule has 0 aliphatic rings. The zero-order valence-electron chi connectivity index (χ0n) is 18.6. The number of carboxylic acid groups (broad SMARTS) is 1. The minimum Gasteiger partial charge on any atom is -0.497 e. The van der Waals surface area contributed by atoms with Gasteiger partial charge in [-0.25, -0.2) is 0 Å². The molecule has 1 N–H and O–H groups in total. The monoisotopic (exact) mass is 437 g/mol. The number of ketones is 1. The van der Waals surface area contributed by atoms with Crippen LogP contribution in [0.5, 0.6) is 17.2 Å². The summed E-state index contributed by atoms with van der Waals surface area (Å²) in [5.74, 6) is -0.787. The van der Waals surface area contributed by atoms with Gasteiger partial charge in [0.25, 0.3) is 0 Å². The molecule has 0 fully saturated rings. The van der Waals surface area contributed by atoms with Crippen molar-refractivity contribution < 1.29 is 28.9 Å². The third kappa shape index (κ3) is 5.35. The number of para-hydroxylation sites is 1. The van der Waals surface area contributed by atoms with Crippen molar-refractivity contribution in [2.24, 2.45) is 5.92 Å². The topological polar surface area (TPSA) is 95.0 Å². The van der Waals surface area contributed by atoms with Gasteiger partial charge in [-0.1, -0.05) is 18.2 Å². The van der Waals surface area contributed by atoms with E-state index in [2.05, 4.69) is 4.98 Å². The number of fused-ring (bicyclic) bond motifs is 1. The Morgan fingerprint density at radius 1 is 1.09 bits per heavy atom. The highest BCUT2D eigenvalue weighted by Gasteiger charge is 2.24. The van der Waals surface area contributed by atoms with Gasteiger partial charge in [0, 0.05) is 11.6 Å². The van der Waals surface area contributed by atoms with Crippen LogP contribution in [0.4, 0.5) is 0 Å². The van der Waals surface area contributed by atoms with Crippen LogP contribution in [0, 0.1) is 5.92 Å². The maximum absolute atomic E-state index is 11.7. The predicted molar refractivity (Wildman–Crippen MR) is 120 cm³/mol. The van der Waals surface area contributed by atoms with Gasteiger partial charge in [-0.05, 0) is 57.0 Å². The van der Waals surface area contributed by atoms with E-state index in [4.69, 9.17) is 14.2 Å². The number of aliphatic carboxylic acids is 1. The second-order valence-corrected chi connectivity index (χ2v) is 7.76. The SMILES string of the molecule is COc1ccc2ncc(COc3ccccc3CC(C(C)=O)C(=O)O)c(OC(C)C)c2c1. The zero-order chi connectivity index (χ0) is 23.3. The quantitative estimate of drug-likeness (QED) is 0.469. The summed E-state index contributed by atoms with van der Waals surface area (Å²) in [6.07, 6.45) is 1.71. The fourth-order valence-corrected chi connectivity index (χ4v) is 3.39. The molecule has 7 nitrogen and oxygen atoms in total. The number of nitrogens with zero attached hydrogens (tertiary/aromatic N) is 1. The third-order valence-electron chi connectivity index (χ3n) is 5.02. The van der Waals surface area contributed by atoms with E-state index >= 15 is 0 Å². The van der Waals surface area contributed by atoms with Gasteiger partial charge >= 0.3 is 5.97 Å². The van der Waals surface area contributed by atoms with Gasteiger partial charge in [0.2, 0.25) is 0 Å². The number of aromatic nitrogens is 1. The van der Waals surface area contributed by atoms with Crippen LogP contribution >= 0.6 is 0 Å². The van der Waals surface area contributed by atoms with Crippen LogP contribution < -0.4 is 14.2 Å². The molecule has 1 heterocycles. The average molecular weight is 437 g/mol. The van der Waals surface area contributed by atoms with Crippen LogP contribution in [-0.4, -0.2) is 35.1 Å². The van der Waals surface area contributed by atoms with Crippen molar-refractivity contribution in [3.8, 4) is 17.2 Å². The van der Waals surface area contributed by atoms with Crippen LogP contribution in [0.2, 0.25) is 0 Å². The maximum atomic E-state index is 11.7. The second kappa shape index (κ2) is 10.1. The van der Waals surface area contributed by atoms with Crippen molar-refractivity contribution in [3.63, 3.8) is 0 Å². The molecule has 3 aromatic rings. The van der Waals surface area contributed by atoms with E-state index in [0.717, 1.165) is 16.5 Å². The second-order valence-electron chi connectivity index (χ2n) is 7.76. The number of rotatable bonds is 10. The molecule has 7 heteroatoms. The molecule has 1 atom stereocenters. The van der Waals surface area contributed by atoms with Crippen molar-refractivity contribution >= 4 is 22.7 Å². The fraction of sp³-hybridized carbons (Fsp3) is 0.320. The highest BCUT2D eigenvalue weighted by Crippen LogP contribution is 2.33. The molecule has 0 saturated heterocycles. The number of pyridine rings is 1. The summed E-state index contributed by atoms with van der Waals surface area (Å²) in [6, 6.07) is 12.7. The highest BCUT2D eigenvalue weighted by molar-refractivity contribution is 5.97. The molecule has 0 bridgehead atoms. The Hall–Kier alpha value is -3.61. The van der Waals surface area contributed by atoms with Crippen LogP contribution in [0.25, 0.3) is 10.9 Å². The summed E-state index contributed by atoms with van der Waals surface area (Å²) in [5.41, 5.74) is 2.17. The Kier molecular flexibility index (Phi) is 7.30. The molecule has 0 saturated carbocycles. The molecular formula is C25H27NO6. The van der Waals surface area contributed by atoms with Gasteiger partial charge in [-0.15, -0.1) is 0 Å². The number of hydrogen-bond donors (Lipinski definition) is 1. The Morgan fingerprint density at radius 2 is 1.84 bits per heavy atom. The lowest BCUT2D eigenvalue weighted by atomic mass is 9.95. The molecule has 1 unspecified atom stereocenters. The first-order valence-electron chi connectivity index (χ1n) is 10.4. The molecule has 32 heavy (non-hydrogen) atoms. The standard InChI is InChI=1S/C25H27NO6/c1-15(2)32-24-18(13-26-22-10-9-19(30-4)12-21(22)24)14-31-23-8-6-5-7-17(23)11-20(16(3)27)25(28)29/h5-10,12-13,15,20H,11,14H2,1-4H3,(H,28,29). The molecular weight excluding hydrogens is 410 g/mol. The molecule has 0 radical (unpaired) electrons. The molecule has 2 aromatic carbocycles. The minimum atomic E-state index is -1.15. The van der Waals surface area contributed by atoms with Crippen molar-refractivity contribution in [1.29, 1.82) is 0 Å². The van der Waals surface area contributed by atoms with E-state index < -0.39 is 17.7 Å². The number of carbonyl (C=O) groups is 2. The fourth-order valence-electron chi connectivity index (χ4n) is 3.39. The Morgan fingerprint density at radius 3 is 2.50 bits per heavy atom. The summed E-state index contributed by atoms with van der Waals surface area (Å²) >= 11 is 0. The van der Waals surface area contributed by atoms with Gasteiger partial charge in [-0.2, -0.15) is 0 Å². The minimum absolute atomic E-state index is 0.0589. The first-order valence-corrected chi connectivity index (χ1v) is 10.4. The number of methoxy groups -OCH3 is 1. The summed E-state index contributed by atoms with van der Waals surface area (Å²) in [6.45, 7) is 5.34. The van der Waals surface area contributed by atoms with E-state index in [1.54, 1.807) is 37.6 Å². The van der Waals surface area contributed by atoms with Crippen molar-refractivity contribution in [1.82, 2.24) is 4.98 Å². The molecule has 0 aliphatic heterocycles. The summed E-state index contributed by atoms with van der Waals surface area (Å²) in [4.78, 5) is 27.7. The Bertz CT molecular complexity index is 1110. The summed E-state index contributed by atoms with van der Waals surface area (Å²) < 4.78 is 17.5. The smallest absolute Gasteiger partial charge is 0.314 e. The van der Waals surface area contributed by atoms with E-state index in [9.17, 15) is 14.7 Å². The van der Waals surface area contributed by atoms with Gasteiger partial charge in [0.1, 0.15) is 35.6 Å². The van der Waals surface area contributed by atoms with Crippen LogP contribution in [0.3, 0.4) is 0 Å². The highest BCUT2D eigenvalue weighted by atomic mass is 16.5. The van der Waals surface area contributed by atoms with Crippen LogP contribution in [0.1, 0.15) is 31.9 Å². The number of carboxylic acids is 1. The molecule has 1 aromatic heterocycles. The molecule has 0 aliphatic carbocycles. The molecule has 3 rings (SSSR count). The van der Waals surface area contributed by atoms with E-state index in [0.29, 0.717) is 22.8 Å². The van der Waals surface area contributed by atoms with Crippen LogP contribution in [0.15, 0.2) is 48.7 Å². The maximum Gasteiger partial charge on any atom is 0.314 e. The van der Waals surface area contributed by atoms with Gasteiger partial charge < -0.3 is 19.3 Å².